The Balaban J connectivity index is 1.97. The summed E-state index contributed by atoms with van der Waals surface area (Å²) >= 11 is 0. The number of aromatic carboxylic acids is 1. The lowest BCUT2D eigenvalue weighted by atomic mass is 10.4. The highest BCUT2D eigenvalue weighted by Gasteiger charge is 2.29. The second-order valence-electron chi connectivity index (χ2n) is 4.11. The number of carboxylic acid groups (broad SMARTS) is 1. The monoisotopic (exact) mass is 222 g/mol. The minimum absolute atomic E-state index is 0.0232. The molecule has 1 aliphatic rings. The summed E-state index contributed by atoms with van der Waals surface area (Å²) in [6.07, 6.45) is 5.24. The number of carbonyl (C=O) groups excluding carboxylic acids is 1. The smallest absolute Gasteiger partial charge is 0.337 e. The molecule has 0 unspecified atom stereocenters. The molecule has 0 radical (unpaired) electrons. The van der Waals surface area contributed by atoms with Crippen LogP contribution in [0.15, 0.2) is 18.5 Å². The number of carbonyl (C=O) groups is 2. The molecule has 1 amide bonds. The van der Waals surface area contributed by atoms with E-state index in [4.69, 9.17) is 5.11 Å². The Morgan fingerprint density at radius 2 is 2.25 bits per heavy atom. The van der Waals surface area contributed by atoms with E-state index in [9.17, 15) is 9.59 Å². The largest absolute Gasteiger partial charge is 0.478 e. The maximum absolute atomic E-state index is 11.7. The first-order valence-corrected chi connectivity index (χ1v) is 5.22. The molecule has 0 bridgehead atoms. The second kappa shape index (κ2) is 4.00. The number of amides is 1. The van der Waals surface area contributed by atoms with Crippen LogP contribution in [0.5, 0.6) is 0 Å². The van der Waals surface area contributed by atoms with Gasteiger partial charge in [0, 0.05) is 25.5 Å². The molecule has 1 fully saturated rings. The van der Waals surface area contributed by atoms with Crippen molar-refractivity contribution in [1.29, 1.82) is 0 Å². The number of rotatable bonds is 4. The lowest BCUT2D eigenvalue weighted by molar-refractivity contribution is -0.131. The lowest BCUT2D eigenvalue weighted by Crippen LogP contribution is -2.31. The predicted molar refractivity (Wildman–Crippen MR) is 57.2 cm³/mol. The Labute approximate surface area is 93.3 Å². The molecule has 1 N–H and O–H groups in total. The Bertz CT molecular complexity index is 421. The van der Waals surface area contributed by atoms with E-state index in [1.54, 1.807) is 22.7 Å². The molecule has 0 aliphatic heterocycles. The minimum atomic E-state index is -0.971. The van der Waals surface area contributed by atoms with Gasteiger partial charge in [-0.25, -0.2) is 4.79 Å². The Morgan fingerprint density at radius 3 is 2.75 bits per heavy atom. The summed E-state index contributed by atoms with van der Waals surface area (Å²) in [4.78, 5) is 24.1. The highest BCUT2D eigenvalue weighted by atomic mass is 16.4. The fraction of sp³-hybridized carbons (Fsp3) is 0.455. The van der Waals surface area contributed by atoms with Crippen molar-refractivity contribution in [2.45, 2.75) is 25.4 Å². The van der Waals surface area contributed by atoms with Crippen molar-refractivity contribution in [2.24, 2.45) is 0 Å². The summed E-state index contributed by atoms with van der Waals surface area (Å²) < 4.78 is 1.60. The van der Waals surface area contributed by atoms with Crippen LogP contribution in [0.4, 0.5) is 0 Å². The molecule has 0 aromatic carbocycles. The highest BCUT2D eigenvalue weighted by molar-refractivity contribution is 5.87. The zero-order valence-electron chi connectivity index (χ0n) is 9.09. The van der Waals surface area contributed by atoms with Gasteiger partial charge in [-0.05, 0) is 18.9 Å². The predicted octanol–water partition coefficient (Wildman–Crippen LogP) is 0.807. The Morgan fingerprint density at radius 1 is 1.56 bits per heavy atom. The summed E-state index contributed by atoms with van der Waals surface area (Å²) in [5.41, 5.74) is 0.210. The van der Waals surface area contributed by atoms with Gasteiger partial charge in [-0.15, -0.1) is 0 Å². The number of carboxylic acids is 1. The van der Waals surface area contributed by atoms with Crippen LogP contribution in [0.25, 0.3) is 0 Å². The van der Waals surface area contributed by atoms with Crippen molar-refractivity contribution in [3.63, 3.8) is 0 Å². The summed E-state index contributed by atoms with van der Waals surface area (Å²) in [6.45, 7) is 0.209. The zero-order valence-corrected chi connectivity index (χ0v) is 9.09. The Kier molecular flexibility index (Phi) is 2.68. The van der Waals surface area contributed by atoms with E-state index < -0.39 is 5.97 Å². The molecule has 1 aromatic rings. The van der Waals surface area contributed by atoms with Gasteiger partial charge in [-0.2, -0.15) is 0 Å². The average Bonchev–Trinajstić information content (AvgIpc) is 2.97. The molecule has 0 saturated heterocycles. The number of aromatic nitrogens is 1. The molecule has 1 heterocycles. The van der Waals surface area contributed by atoms with Gasteiger partial charge < -0.3 is 14.6 Å². The van der Waals surface area contributed by atoms with E-state index in [-0.39, 0.29) is 18.0 Å². The van der Waals surface area contributed by atoms with E-state index in [2.05, 4.69) is 0 Å². The molecule has 86 valence electrons. The zero-order chi connectivity index (χ0) is 11.7. The molecule has 5 heteroatoms. The molecule has 1 aliphatic carbocycles. The first-order valence-electron chi connectivity index (χ1n) is 5.22. The molecule has 5 nitrogen and oxygen atoms in total. The fourth-order valence-electron chi connectivity index (χ4n) is 1.60. The van der Waals surface area contributed by atoms with E-state index in [0.717, 1.165) is 12.8 Å². The average molecular weight is 222 g/mol. The molecular formula is C11H14N2O3. The first kappa shape index (κ1) is 10.7. The molecule has 0 atom stereocenters. The van der Waals surface area contributed by atoms with Gasteiger partial charge in [-0.1, -0.05) is 0 Å². The third-order valence-corrected chi connectivity index (χ3v) is 2.80. The van der Waals surface area contributed by atoms with Gasteiger partial charge >= 0.3 is 5.97 Å². The van der Waals surface area contributed by atoms with Gasteiger partial charge in [0.05, 0.1) is 5.56 Å². The number of hydrogen-bond donors (Lipinski definition) is 1. The molecule has 1 saturated carbocycles. The normalized spacial score (nSPS) is 14.8. The van der Waals surface area contributed by atoms with Crippen molar-refractivity contribution in [3.05, 3.63) is 24.0 Å². The van der Waals surface area contributed by atoms with Crippen molar-refractivity contribution in [2.75, 3.05) is 7.05 Å². The number of nitrogens with zero attached hydrogens (tertiary/aromatic N) is 2. The van der Waals surface area contributed by atoms with E-state index in [1.807, 2.05) is 0 Å². The highest BCUT2D eigenvalue weighted by Crippen LogP contribution is 2.25. The van der Waals surface area contributed by atoms with Gasteiger partial charge in [0.15, 0.2) is 0 Å². The molecule has 2 rings (SSSR count). The second-order valence-corrected chi connectivity index (χ2v) is 4.11. The standard InChI is InChI=1S/C11H14N2O3/c1-12(9-2-3-9)10(14)7-13-5-4-8(6-13)11(15)16/h4-6,9H,2-3,7H2,1H3,(H,15,16). The van der Waals surface area contributed by atoms with Crippen molar-refractivity contribution < 1.29 is 14.7 Å². The summed E-state index contributed by atoms with van der Waals surface area (Å²) in [5, 5.41) is 8.73. The lowest BCUT2D eigenvalue weighted by Gasteiger charge is -2.16. The van der Waals surface area contributed by atoms with Crippen molar-refractivity contribution in [3.8, 4) is 0 Å². The van der Waals surface area contributed by atoms with Crippen LogP contribution in [0.1, 0.15) is 23.2 Å². The van der Waals surface area contributed by atoms with Gasteiger partial charge in [0.2, 0.25) is 5.91 Å². The van der Waals surface area contributed by atoms with Crippen LogP contribution in [-0.4, -0.2) is 39.5 Å². The maximum atomic E-state index is 11.7. The van der Waals surface area contributed by atoms with Crippen LogP contribution < -0.4 is 0 Å². The molecule has 0 spiro atoms. The van der Waals surface area contributed by atoms with Gasteiger partial charge in [0.25, 0.3) is 0 Å². The SMILES string of the molecule is CN(C(=O)Cn1ccc(C(=O)O)c1)C1CC1. The third kappa shape index (κ3) is 2.24. The van der Waals surface area contributed by atoms with Crippen molar-refractivity contribution in [1.82, 2.24) is 9.47 Å². The summed E-state index contributed by atoms with van der Waals surface area (Å²) in [7, 11) is 1.79. The van der Waals surface area contributed by atoms with Gasteiger partial charge in [-0.3, -0.25) is 4.79 Å². The molecular weight excluding hydrogens is 208 g/mol. The number of likely N-dealkylation sites (N-methyl/N-ethyl adjacent to an activating group) is 1. The van der Waals surface area contributed by atoms with E-state index >= 15 is 0 Å². The quantitative estimate of drug-likeness (QED) is 0.819. The topological polar surface area (TPSA) is 62.5 Å². The first-order chi connectivity index (χ1) is 7.58. The minimum Gasteiger partial charge on any atom is -0.478 e. The Hall–Kier alpha value is -1.78. The van der Waals surface area contributed by atoms with Crippen LogP contribution in [0.3, 0.4) is 0 Å². The van der Waals surface area contributed by atoms with Crippen LogP contribution in [0.2, 0.25) is 0 Å². The van der Waals surface area contributed by atoms with Crippen LogP contribution in [-0.2, 0) is 11.3 Å². The molecule has 1 aromatic heterocycles. The summed E-state index contributed by atoms with van der Waals surface area (Å²) in [6, 6.07) is 1.88. The number of hydrogen-bond acceptors (Lipinski definition) is 2. The van der Waals surface area contributed by atoms with Crippen LogP contribution >= 0.6 is 0 Å². The third-order valence-electron chi connectivity index (χ3n) is 2.80. The van der Waals surface area contributed by atoms with E-state index in [0.29, 0.717) is 6.04 Å². The van der Waals surface area contributed by atoms with E-state index in [1.165, 1.54) is 12.3 Å². The summed E-state index contributed by atoms with van der Waals surface area (Å²) in [5.74, 6) is -0.947. The van der Waals surface area contributed by atoms with Gasteiger partial charge in [0.1, 0.15) is 6.54 Å². The van der Waals surface area contributed by atoms with Crippen LogP contribution in [0, 0.1) is 0 Å². The van der Waals surface area contributed by atoms with Crippen molar-refractivity contribution >= 4 is 11.9 Å². The maximum Gasteiger partial charge on any atom is 0.337 e. The fourth-order valence-corrected chi connectivity index (χ4v) is 1.60. The molecule has 16 heavy (non-hydrogen) atoms.